The van der Waals surface area contributed by atoms with Gasteiger partial charge in [-0.1, -0.05) is 35.7 Å². The summed E-state index contributed by atoms with van der Waals surface area (Å²) in [4.78, 5) is 12.1. The SMILES string of the molecule is COC(=O)[C@H](c1ccc(Cl)c(Cl)c1)[C@@H]1CCCCN1. The second kappa shape index (κ2) is 6.60. The number of ether oxygens (including phenoxy) is 1. The number of hydrogen-bond donors (Lipinski definition) is 1. The minimum absolute atomic E-state index is 0.0958. The lowest BCUT2D eigenvalue weighted by atomic mass is 9.86. The molecule has 1 aromatic rings. The Kier molecular flexibility index (Phi) is 5.08. The van der Waals surface area contributed by atoms with Crippen molar-refractivity contribution in [3.63, 3.8) is 0 Å². The van der Waals surface area contributed by atoms with Crippen molar-refractivity contribution in [2.45, 2.75) is 31.2 Å². The molecule has 1 saturated heterocycles. The van der Waals surface area contributed by atoms with Gasteiger partial charge in [-0.05, 0) is 37.1 Å². The Hall–Kier alpha value is -0.770. The van der Waals surface area contributed by atoms with Gasteiger partial charge in [-0.2, -0.15) is 0 Å². The number of esters is 1. The topological polar surface area (TPSA) is 38.3 Å². The van der Waals surface area contributed by atoms with E-state index in [0.717, 1.165) is 31.4 Å². The zero-order valence-electron chi connectivity index (χ0n) is 10.8. The largest absolute Gasteiger partial charge is 0.469 e. The van der Waals surface area contributed by atoms with Gasteiger partial charge in [0.05, 0.1) is 23.1 Å². The zero-order valence-corrected chi connectivity index (χ0v) is 12.3. The summed E-state index contributed by atoms with van der Waals surface area (Å²) >= 11 is 12.0. The van der Waals surface area contributed by atoms with E-state index in [-0.39, 0.29) is 17.9 Å². The van der Waals surface area contributed by atoms with Gasteiger partial charge in [-0.25, -0.2) is 0 Å². The third-order valence-electron chi connectivity index (χ3n) is 3.51. The highest BCUT2D eigenvalue weighted by Crippen LogP contribution is 2.31. The van der Waals surface area contributed by atoms with E-state index in [0.29, 0.717) is 10.0 Å². The van der Waals surface area contributed by atoms with Gasteiger partial charge >= 0.3 is 5.97 Å². The van der Waals surface area contributed by atoms with Crippen LogP contribution in [0.5, 0.6) is 0 Å². The molecule has 0 amide bonds. The van der Waals surface area contributed by atoms with Gasteiger partial charge in [0.2, 0.25) is 0 Å². The molecule has 1 fully saturated rings. The van der Waals surface area contributed by atoms with Crippen LogP contribution in [0, 0.1) is 0 Å². The third-order valence-corrected chi connectivity index (χ3v) is 4.25. The van der Waals surface area contributed by atoms with E-state index in [2.05, 4.69) is 5.32 Å². The van der Waals surface area contributed by atoms with Gasteiger partial charge in [-0.15, -0.1) is 0 Å². The second-order valence-corrected chi connectivity index (χ2v) is 5.55. The van der Waals surface area contributed by atoms with Crippen molar-refractivity contribution in [3.8, 4) is 0 Å². The molecule has 1 N–H and O–H groups in total. The van der Waals surface area contributed by atoms with Crippen molar-refractivity contribution in [1.82, 2.24) is 5.32 Å². The molecule has 2 rings (SSSR count). The average molecular weight is 302 g/mol. The van der Waals surface area contributed by atoms with E-state index in [1.165, 1.54) is 7.11 Å². The Labute approximate surface area is 123 Å². The van der Waals surface area contributed by atoms with Crippen LogP contribution in [-0.2, 0) is 9.53 Å². The number of halogens is 2. The number of piperidine rings is 1. The minimum Gasteiger partial charge on any atom is -0.469 e. The summed E-state index contributed by atoms with van der Waals surface area (Å²) in [5.74, 6) is -0.571. The number of methoxy groups -OCH3 is 1. The molecule has 1 aliphatic rings. The van der Waals surface area contributed by atoms with Crippen LogP contribution in [0.1, 0.15) is 30.7 Å². The molecule has 0 radical (unpaired) electrons. The first-order valence-corrected chi connectivity index (χ1v) is 7.15. The van der Waals surface area contributed by atoms with Crippen molar-refractivity contribution in [3.05, 3.63) is 33.8 Å². The number of hydrogen-bond acceptors (Lipinski definition) is 3. The zero-order chi connectivity index (χ0) is 13.8. The van der Waals surface area contributed by atoms with Crippen LogP contribution in [0.3, 0.4) is 0 Å². The molecule has 1 heterocycles. The molecule has 0 saturated carbocycles. The van der Waals surface area contributed by atoms with Crippen molar-refractivity contribution in [2.24, 2.45) is 0 Å². The smallest absolute Gasteiger partial charge is 0.314 e. The van der Waals surface area contributed by atoms with Crippen LogP contribution in [0.25, 0.3) is 0 Å². The highest BCUT2D eigenvalue weighted by Gasteiger charge is 2.31. The van der Waals surface area contributed by atoms with Crippen molar-refractivity contribution in [2.75, 3.05) is 13.7 Å². The number of benzene rings is 1. The van der Waals surface area contributed by atoms with E-state index >= 15 is 0 Å². The lowest BCUT2D eigenvalue weighted by Gasteiger charge is -2.30. The summed E-state index contributed by atoms with van der Waals surface area (Å²) in [6, 6.07) is 5.41. The molecule has 104 valence electrons. The van der Waals surface area contributed by atoms with Gasteiger partial charge in [0, 0.05) is 6.04 Å². The predicted molar refractivity (Wildman–Crippen MR) is 76.9 cm³/mol. The lowest BCUT2D eigenvalue weighted by molar-refractivity contribution is -0.143. The van der Waals surface area contributed by atoms with E-state index in [1.54, 1.807) is 12.1 Å². The van der Waals surface area contributed by atoms with Crippen molar-refractivity contribution < 1.29 is 9.53 Å². The third kappa shape index (κ3) is 3.41. The summed E-state index contributed by atoms with van der Waals surface area (Å²) in [7, 11) is 1.41. The standard InChI is InChI=1S/C14H17Cl2NO2/c1-19-14(18)13(12-4-2-3-7-17-12)9-5-6-10(15)11(16)8-9/h5-6,8,12-13,17H,2-4,7H2,1H3/t12-,13+/m0/s1. The minimum atomic E-state index is -0.333. The Balaban J connectivity index is 2.30. The Bertz CT molecular complexity index is 459. The fourth-order valence-electron chi connectivity index (χ4n) is 2.53. The first-order valence-electron chi connectivity index (χ1n) is 6.39. The van der Waals surface area contributed by atoms with Crippen LogP contribution in [-0.4, -0.2) is 25.7 Å². The van der Waals surface area contributed by atoms with Crippen molar-refractivity contribution in [1.29, 1.82) is 0 Å². The fraction of sp³-hybridized carbons (Fsp3) is 0.500. The first-order chi connectivity index (χ1) is 9.13. The lowest BCUT2D eigenvalue weighted by Crippen LogP contribution is -2.42. The highest BCUT2D eigenvalue weighted by atomic mass is 35.5. The van der Waals surface area contributed by atoms with Crippen LogP contribution in [0.2, 0.25) is 10.0 Å². The molecule has 0 aliphatic carbocycles. The summed E-state index contributed by atoms with van der Waals surface area (Å²) in [6.45, 7) is 0.930. The highest BCUT2D eigenvalue weighted by molar-refractivity contribution is 6.42. The number of nitrogens with one attached hydrogen (secondary N) is 1. The van der Waals surface area contributed by atoms with E-state index in [4.69, 9.17) is 27.9 Å². The van der Waals surface area contributed by atoms with E-state index in [1.807, 2.05) is 6.07 Å². The fourth-order valence-corrected chi connectivity index (χ4v) is 2.84. The van der Waals surface area contributed by atoms with Gasteiger partial charge in [-0.3, -0.25) is 4.79 Å². The molecule has 1 aliphatic heterocycles. The molecular weight excluding hydrogens is 285 g/mol. The quantitative estimate of drug-likeness (QED) is 0.870. The Morgan fingerprint density at radius 3 is 2.74 bits per heavy atom. The average Bonchev–Trinajstić information content (AvgIpc) is 2.44. The first kappa shape index (κ1) is 14.6. The summed E-state index contributed by atoms with van der Waals surface area (Å²) in [5.41, 5.74) is 0.848. The van der Waals surface area contributed by atoms with Gasteiger partial charge in [0.25, 0.3) is 0 Å². The van der Waals surface area contributed by atoms with Gasteiger partial charge in [0.15, 0.2) is 0 Å². The molecule has 3 nitrogen and oxygen atoms in total. The number of carbonyl (C=O) groups excluding carboxylic acids is 1. The van der Waals surface area contributed by atoms with Crippen molar-refractivity contribution >= 4 is 29.2 Å². The number of rotatable bonds is 3. The van der Waals surface area contributed by atoms with Gasteiger partial charge < -0.3 is 10.1 Å². The van der Waals surface area contributed by atoms with Gasteiger partial charge in [0.1, 0.15) is 0 Å². The van der Waals surface area contributed by atoms with E-state index in [9.17, 15) is 4.79 Å². The van der Waals surface area contributed by atoms with Crippen LogP contribution in [0.15, 0.2) is 18.2 Å². The number of carbonyl (C=O) groups is 1. The molecule has 0 spiro atoms. The maximum atomic E-state index is 12.1. The van der Waals surface area contributed by atoms with Crippen LogP contribution in [0.4, 0.5) is 0 Å². The predicted octanol–water partition coefficient (Wildman–Crippen LogP) is 3.39. The monoisotopic (exact) mass is 301 g/mol. The molecule has 0 unspecified atom stereocenters. The molecule has 0 aromatic heterocycles. The molecule has 0 bridgehead atoms. The van der Waals surface area contributed by atoms with E-state index < -0.39 is 0 Å². The second-order valence-electron chi connectivity index (χ2n) is 4.73. The Morgan fingerprint density at radius 1 is 1.37 bits per heavy atom. The summed E-state index contributed by atoms with van der Waals surface area (Å²) < 4.78 is 4.94. The molecular formula is C14H17Cl2NO2. The van der Waals surface area contributed by atoms with Crippen LogP contribution < -0.4 is 5.32 Å². The maximum Gasteiger partial charge on any atom is 0.314 e. The maximum absolute atomic E-state index is 12.1. The molecule has 19 heavy (non-hydrogen) atoms. The Morgan fingerprint density at radius 2 is 2.16 bits per heavy atom. The molecule has 2 atom stereocenters. The summed E-state index contributed by atoms with van der Waals surface area (Å²) in [6.07, 6.45) is 3.22. The van der Waals surface area contributed by atoms with Crippen LogP contribution >= 0.6 is 23.2 Å². The normalized spacial score (nSPS) is 20.9. The summed E-state index contributed by atoms with van der Waals surface area (Å²) in [5, 5.41) is 4.34. The molecule has 5 heteroatoms. The molecule has 1 aromatic carbocycles.